The lowest BCUT2D eigenvalue weighted by Crippen LogP contribution is -2.59. The first-order valence-electron chi connectivity index (χ1n) is 6.69. The van der Waals surface area contributed by atoms with Crippen LogP contribution in [0.1, 0.15) is 46.5 Å². The number of amides is 2. The van der Waals surface area contributed by atoms with E-state index < -0.39 is 17.1 Å². The zero-order valence-corrected chi connectivity index (χ0v) is 11.9. The number of hydrogen-bond acceptors (Lipinski definition) is 3. The molecular weight excluding hydrogens is 248 g/mol. The number of nitrogens with zero attached hydrogens (tertiary/aromatic N) is 1. The minimum absolute atomic E-state index is 0.0428. The summed E-state index contributed by atoms with van der Waals surface area (Å²) >= 11 is 0. The molecule has 1 aliphatic carbocycles. The molecule has 0 heterocycles. The summed E-state index contributed by atoms with van der Waals surface area (Å²) in [5.41, 5.74) is -1.57. The molecule has 0 radical (unpaired) electrons. The maximum absolute atomic E-state index is 12.2. The summed E-state index contributed by atoms with van der Waals surface area (Å²) in [6, 6.07) is -0.300. The Bertz CT molecular complexity index is 345. The number of urea groups is 1. The van der Waals surface area contributed by atoms with Crippen molar-refractivity contribution in [1.82, 2.24) is 10.2 Å². The van der Waals surface area contributed by atoms with Crippen molar-refractivity contribution in [2.45, 2.75) is 57.6 Å². The highest BCUT2D eigenvalue weighted by molar-refractivity contribution is 5.77. The van der Waals surface area contributed by atoms with E-state index in [0.717, 1.165) is 6.42 Å². The van der Waals surface area contributed by atoms with Crippen molar-refractivity contribution < 1.29 is 19.8 Å². The molecule has 0 aromatic rings. The van der Waals surface area contributed by atoms with Gasteiger partial charge in [0.05, 0.1) is 24.1 Å². The van der Waals surface area contributed by atoms with Crippen LogP contribution in [-0.4, -0.2) is 51.3 Å². The molecule has 1 rings (SSSR count). The maximum atomic E-state index is 12.2. The fraction of sp³-hybridized carbons (Fsp3) is 0.846. The van der Waals surface area contributed by atoms with E-state index in [2.05, 4.69) is 5.32 Å². The number of carboxylic acids is 1. The molecule has 6 nitrogen and oxygen atoms in total. The lowest BCUT2D eigenvalue weighted by atomic mass is 9.74. The van der Waals surface area contributed by atoms with Gasteiger partial charge in [-0.3, -0.25) is 4.79 Å². The summed E-state index contributed by atoms with van der Waals surface area (Å²) < 4.78 is 0. The highest BCUT2D eigenvalue weighted by Crippen LogP contribution is 2.35. The second kappa shape index (κ2) is 5.77. The van der Waals surface area contributed by atoms with Crippen LogP contribution in [0.4, 0.5) is 4.79 Å². The van der Waals surface area contributed by atoms with Crippen LogP contribution in [0, 0.1) is 0 Å². The number of carbonyl (C=O) groups excluding carboxylic acids is 1. The smallest absolute Gasteiger partial charge is 0.317 e. The first kappa shape index (κ1) is 15.8. The molecule has 0 spiro atoms. The van der Waals surface area contributed by atoms with Gasteiger partial charge < -0.3 is 20.4 Å². The quantitative estimate of drug-likeness (QED) is 0.677. The molecule has 0 unspecified atom stereocenters. The predicted molar refractivity (Wildman–Crippen MR) is 70.9 cm³/mol. The zero-order valence-electron chi connectivity index (χ0n) is 11.9. The van der Waals surface area contributed by atoms with E-state index in [9.17, 15) is 14.7 Å². The van der Waals surface area contributed by atoms with Gasteiger partial charge in [0, 0.05) is 6.54 Å². The zero-order chi connectivity index (χ0) is 14.7. The highest BCUT2D eigenvalue weighted by atomic mass is 16.4. The number of carbonyl (C=O) groups is 2. The number of likely N-dealkylation sites (N-methyl/N-ethyl adjacent to an activating group) is 1. The predicted octanol–water partition coefficient (Wildman–Crippen LogP) is 1.19. The van der Waals surface area contributed by atoms with E-state index in [0.29, 0.717) is 19.4 Å². The highest BCUT2D eigenvalue weighted by Gasteiger charge is 2.41. The molecule has 1 aliphatic rings. The number of aliphatic hydroxyl groups is 1. The van der Waals surface area contributed by atoms with Crippen molar-refractivity contribution in [2.75, 3.05) is 13.1 Å². The van der Waals surface area contributed by atoms with Crippen molar-refractivity contribution in [3.05, 3.63) is 0 Å². The fourth-order valence-corrected chi connectivity index (χ4v) is 2.34. The van der Waals surface area contributed by atoms with Gasteiger partial charge in [-0.1, -0.05) is 0 Å². The molecule has 6 heteroatoms. The van der Waals surface area contributed by atoms with Crippen molar-refractivity contribution in [3.63, 3.8) is 0 Å². The molecule has 3 N–H and O–H groups in total. The Morgan fingerprint density at radius 2 is 1.95 bits per heavy atom. The largest absolute Gasteiger partial charge is 0.481 e. The first-order valence-corrected chi connectivity index (χ1v) is 6.69. The molecule has 2 amide bonds. The lowest BCUT2D eigenvalue weighted by molar-refractivity contribution is -0.139. The minimum atomic E-state index is -0.965. The van der Waals surface area contributed by atoms with Crippen LogP contribution in [0.5, 0.6) is 0 Å². The molecular formula is C13H24N2O4. The average Bonchev–Trinajstić information content (AvgIpc) is 2.20. The van der Waals surface area contributed by atoms with Gasteiger partial charge in [0.15, 0.2) is 0 Å². The van der Waals surface area contributed by atoms with Crippen LogP contribution in [0.2, 0.25) is 0 Å². The Labute approximate surface area is 113 Å². The number of aliphatic carboxylic acids is 1. The van der Waals surface area contributed by atoms with E-state index in [-0.39, 0.29) is 19.0 Å². The minimum Gasteiger partial charge on any atom is -0.481 e. The summed E-state index contributed by atoms with van der Waals surface area (Å²) in [5.74, 6) is -0.898. The topological polar surface area (TPSA) is 89.9 Å². The van der Waals surface area contributed by atoms with Crippen molar-refractivity contribution >= 4 is 12.0 Å². The van der Waals surface area contributed by atoms with Gasteiger partial charge in [0.2, 0.25) is 0 Å². The van der Waals surface area contributed by atoms with Crippen molar-refractivity contribution in [3.8, 4) is 0 Å². The van der Waals surface area contributed by atoms with Gasteiger partial charge in [-0.2, -0.15) is 0 Å². The van der Waals surface area contributed by atoms with Crippen LogP contribution in [-0.2, 0) is 4.79 Å². The number of nitrogens with one attached hydrogen (secondary N) is 1. The number of hydrogen-bond donors (Lipinski definition) is 3. The summed E-state index contributed by atoms with van der Waals surface area (Å²) in [5, 5.41) is 21.5. The normalized spacial score (nSPS) is 17.5. The van der Waals surface area contributed by atoms with Crippen molar-refractivity contribution in [1.29, 1.82) is 0 Å². The maximum Gasteiger partial charge on any atom is 0.317 e. The van der Waals surface area contributed by atoms with Crippen LogP contribution >= 0.6 is 0 Å². The third-order valence-electron chi connectivity index (χ3n) is 3.42. The molecule has 110 valence electrons. The summed E-state index contributed by atoms with van der Waals surface area (Å²) in [4.78, 5) is 24.5. The first-order chi connectivity index (χ1) is 8.67. The second-order valence-corrected chi connectivity index (χ2v) is 5.96. The lowest BCUT2D eigenvalue weighted by Gasteiger charge is -2.43. The van der Waals surface area contributed by atoms with E-state index in [4.69, 9.17) is 5.11 Å². The molecule has 1 fully saturated rings. The van der Waals surface area contributed by atoms with E-state index >= 15 is 0 Å². The molecule has 0 aliphatic heterocycles. The van der Waals surface area contributed by atoms with Crippen molar-refractivity contribution in [2.24, 2.45) is 0 Å². The van der Waals surface area contributed by atoms with Gasteiger partial charge >= 0.3 is 12.0 Å². The number of carboxylic acid groups (broad SMARTS) is 1. The molecule has 0 saturated heterocycles. The van der Waals surface area contributed by atoms with Crippen LogP contribution < -0.4 is 5.32 Å². The Kier molecular flexibility index (Phi) is 4.79. The summed E-state index contributed by atoms with van der Waals surface area (Å²) in [6.07, 6.45) is 2.29. The molecule has 0 atom stereocenters. The second-order valence-electron chi connectivity index (χ2n) is 5.96. The third-order valence-corrected chi connectivity index (χ3v) is 3.42. The molecule has 19 heavy (non-hydrogen) atoms. The SMILES string of the molecule is CCN(CC(C)(C)O)C(=O)NC1(CC(=O)O)CCC1. The number of rotatable bonds is 6. The average molecular weight is 272 g/mol. The Balaban J connectivity index is 2.63. The van der Waals surface area contributed by atoms with Crippen LogP contribution in [0.25, 0.3) is 0 Å². The standard InChI is InChI=1S/C13H24N2O4/c1-4-15(9-12(2,3)19)11(18)14-13(6-5-7-13)8-10(16)17/h19H,4-9H2,1-3H3,(H,14,18)(H,16,17). The van der Waals surface area contributed by atoms with E-state index in [1.54, 1.807) is 13.8 Å². The molecule has 0 bridgehead atoms. The Morgan fingerprint density at radius 1 is 1.37 bits per heavy atom. The van der Waals surface area contributed by atoms with Gasteiger partial charge in [-0.15, -0.1) is 0 Å². The Morgan fingerprint density at radius 3 is 2.26 bits per heavy atom. The van der Waals surface area contributed by atoms with Crippen LogP contribution in [0.15, 0.2) is 0 Å². The molecule has 1 saturated carbocycles. The summed E-state index contributed by atoms with van der Waals surface area (Å²) in [7, 11) is 0. The Hall–Kier alpha value is -1.30. The van der Waals surface area contributed by atoms with Gasteiger partial charge in [0.25, 0.3) is 0 Å². The van der Waals surface area contributed by atoms with Gasteiger partial charge in [0.1, 0.15) is 0 Å². The fourth-order valence-electron chi connectivity index (χ4n) is 2.34. The van der Waals surface area contributed by atoms with E-state index in [1.807, 2.05) is 6.92 Å². The monoisotopic (exact) mass is 272 g/mol. The third kappa shape index (κ3) is 4.70. The molecule has 0 aromatic carbocycles. The summed E-state index contributed by atoms with van der Waals surface area (Å²) in [6.45, 7) is 5.80. The van der Waals surface area contributed by atoms with E-state index in [1.165, 1.54) is 4.90 Å². The van der Waals surface area contributed by atoms with Gasteiger partial charge in [-0.25, -0.2) is 4.79 Å². The molecule has 0 aromatic heterocycles. The van der Waals surface area contributed by atoms with Gasteiger partial charge in [-0.05, 0) is 40.0 Å². The van der Waals surface area contributed by atoms with Crippen LogP contribution in [0.3, 0.4) is 0 Å².